The van der Waals surface area contributed by atoms with Gasteiger partial charge in [-0.05, 0) is 31.0 Å². The molecule has 1 aliphatic heterocycles. The molecule has 1 heterocycles. The molecule has 0 saturated heterocycles. The van der Waals surface area contributed by atoms with E-state index in [2.05, 4.69) is 0 Å². The lowest BCUT2D eigenvalue weighted by Crippen LogP contribution is -2.06. The Balaban J connectivity index is 2.64. The molecular weight excluding hydrogens is 236 g/mol. The Morgan fingerprint density at radius 1 is 1.50 bits per heavy atom. The number of carbonyl (C=O) groups excluding carboxylic acids is 1. The number of aliphatic hydroxyl groups is 1. The molecule has 1 atom stereocenters. The Bertz CT molecular complexity index is 481. The number of aliphatic hydroxyl groups excluding tert-OH is 1. The molecule has 2 rings (SSSR count). The fraction of sp³-hybridized carbons (Fsp3) is 0.462. The molecule has 0 fully saturated rings. The van der Waals surface area contributed by atoms with E-state index < -0.39 is 12.3 Å². The summed E-state index contributed by atoms with van der Waals surface area (Å²) in [6.07, 6.45) is -0.755. The van der Waals surface area contributed by atoms with Gasteiger partial charge in [0.25, 0.3) is 0 Å². The largest absolute Gasteiger partial charge is 0.496 e. The van der Waals surface area contributed by atoms with Gasteiger partial charge in [0.2, 0.25) is 6.29 Å². The molecule has 1 aliphatic rings. The van der Waals surface area contributed by atoms with E-state index in [1.807, 2.05) is 13.8 Å². The van der Waals surface area contributed by atoms with Gasteiger partial charge in [-0.1, -0.05) is 0 Å². The van der Waals surface area contributed by atoms with Gasteiger partial charge in [-0.3, -0.25) is 0 Å². The second-order valence-electron chi connectivity index (χ2n) is 4.03. The van der Waals surface area contributed by atoms with Gasteiger partial charge in [-0.25, -0.2) is 4.79 Å². The number of fused-ring (bicyclic) bond motifs is 1. The highest BCUT2D eigenvalue weighted by Gasteiger charge is 2.37. The van der Waals surface area contributed by atoms with Gasteiger partial charge in [0.05, 0.1) is 13.7 Å². The number of aryl methyl sites for hydroxylation is 1. The number of cyclic esters (lactones) is 1. The van der Waals surface area contributed by atoms with Crippen molar-refractivity contribution in [3.8, 4) is 5.75 Å². The summed E-state index contributed by atoms with van der Waals surface area (Å²) < 4.78 is 15.8. The van der Waals surface area contributed by atoms with Crippen molar-refractivity contribution in [2.24, 2.45) is 0 Å². The van der Waals surface area contributed by atoms with Crippen molar-refractivity contribution in [3.63, 3.8) is 0 Å². The standard InChI is InChI=1S/C13H16O5/c1-4-17-13-9-8(6-14)5-7(2)11(16-3)10(9)12(15)18-13/h5,13-14H,4,6H2,1-3H3. The average molecular weight is 252 g/mol. The van der Waals surface area contributed by atoms with Gasteiger partial charge in [0.15, 0.2) is 0 Å². The molecule has 18 heavy (non-hydrogen) atoms. The van der Waals surface area contributed by atoms with Crippen LogP contribution in [0.4, 0.5) is 0 Å². The molecule has 1 aromatic carbocycles. The topological polar surface area (TPSA) is 65.0 Å². The maximum Gasteiger partial charge on any atom is 0.345 e. The molecule has 0 aromatic heterocycles. The van der Waals surface area contributed by atoms with Crippen molar-refractivity contribution >= 4 is 5.97 Å². The van der Waals surface area contributed by atoms with E-state index in [9.17, 15) is 9.90 Å². The molecular formula is C13H16O5. The predicted molar refractivity (Wildman–Crippen MR) is 63.4 cm³/mol. The van der Waals surface area contributed by atoms with Crippen LogP contribution in [0.2, 0.25) is 0 Å². The second kappa shape index (κ2) is 4.96. The van der Waals surface area contributed by atoms with Gasteiger partial charge in [-0.15, -0.1) is 0 Å². The van der Waals surface area contributed by atoms with Gasteiger partial charge in [0, 0.05) is 12.2 Å². The number of ether oxygens (including phenoxy) is 3. The van der Waals surface area contributed by atoms with E-state index in [4.69, 9.17) is 14.2 Å². The number of rotatable bonds is 4. The van der Waals surface area contributed by atoms with Gasteiger partial charge in [0.1, 0.15) is 11.3 Å². The molecule has 5 nitrogen and oxygen atoms in total. The highest BCUT2D eigenvalue weighted by Crippen LogP contribution is 2.41. The average Bonchev–Trinajstić information content (AvgIpc) is 2.67. The Morgan fingerprint density at radius 3 is 2.78 bits per heavy atom. The lowest BCUT2D eigenvalue weighted by atomic mass is 9.98. The van der Waals surface area contributed by atoms with Crippen molar-refractivity contribution < 1.29 is 24.1 Å². The second-order valence-corrected chi connectivity index (χ2v) is 4.03. The number of esters is 1. The molecule has 1 N–H and O–H groups in total. The first-order chi connectivity index (χ1) is 8.63. The zero-order valence-electron chi connectivity index (χ0n) is 10.6. The Hall–Kier alpha value is -1.59. The first kappa shape index (κ1) is 12.9. The molecule has 0 spiro atoms. The first-order valence-electron chi connectivity index (χ1n) is 5.77. The van der Waals surface area contributed by atoms with Crippen molar-refractivity contribution in [2.75, 3.05) is 13.7 Å². The van der Waals surface area contributed by atoms with Crippen molar-refractivity contribution in [2.45, 2.75) is 26.7 Å². The van der Waals surface area contributed by atoms with E-state index in [1.54, 1.807) is 6.07 Å². The third-order valence-corrected chi connectivity index (χ3v) is 2.94. The summed E-state index contributed by atoms with van der Waals surface area (Å²) in [7, 11) is 1.50. The van der Waals surface area contributed by atoms with Gasteiger partial charge in [-0.2, -0.15) is 0 Å². The van der Waals surface area contributed by atoms with E-state index in [1.165, 1.54) is 7.11 Å². The van der Waals surface area contributed by atoms with Crippen LogP contribution in [0, 0.1) is 6.92 Å². The summed E-state index contributed by atoms with van der Waals surface area (Å²) in [5.41, 5.74) is 2.36. The van der Waals surface area contributed by atoms with Gasteiger partial charge < -0.3 is 19.3 Å². The molecule has 0 saturated carbocycles. The Kier molecular flexibility index (Phi) is 3.54. The Labute approximate surface area is 105 Å². The number of carbonyl (C=O) groups is 1. The van der Waals surface area contributed by atoms with Crippen molar-refractivity contribution in [3.05, 3.63) is 28.3 Å². The molecule has 0 aliphatic carbocycles. The summed E-state index contributed by atoms with van der Waals surface area (Å²) in [6.45, 7) is 3.88. The summed E-state index contributed by atoms with van der Waals surface area (Å²) in [5, 5.41) is 9.40. The minimum Gasteiger partial charge on any atom is -0.496 e. The van der Waals surface area contributed by atoms with Crippen LogP contribution >= 0.6 is 0 Å². The summed E-state index contributed by atoms with van der Waals surface area (Å²) >= 11 is 0. The van der Waals surface area contributed by atoms with E-state index in [0.717, 1.165) is 5.56 Å². The SMILES string of the molecule is CCOC1OC(=O)c2c(OC)c(C)cc(CO)c21. The fourth-order valence-corrected chi connectivity index (χ4v) is 2.23. The van der Waals surface area contributed by atoms with Crippen molar-refractivity contribution in [1.82, 2.24) is 0 Å². The summed E-state index contributed by atoms with van der Waals surface area (Å²) in [5.74, 6) is 0.00750. The summed E-state index contributed by atoms with van der Waals surface area (Å²) in [4.78, 5) is 11.9. The van der Waals surface area contributed by atoms with Gasteiger partial charge >= 0.3 is 5.97 Å². The van der Waals surface area contributed by atoms with Crippen LogP contribution in [-0.2, 0) is 16.1 Å². The molecule has 1 aromatic rings. The minimum atomic E-state index is -0.755. The fourth-order valence-electron chi connectivity index (χ4n) is 2.23. The van der Waals surface area contributed by atoms with Crippen LogP contribution in [0.1, 0.15) is 40.3 Å². The van der Waals surface area contributed by atoms with Crippen LogP contribution in [0.3, 0.4) is 0 Å². The molecule has 0 radical (unpaired) electrons. The summed E-state index contributed by atoms with van der Waals surface area (Å²) in [6, 6.07) is 1.78. The highest BCUT2D eigenvalue weighted by molar-refractivity contribution is 5.97. The number of hydrogen-bond acceptors (Lipinski definition) is 5. The minimum absolute atomic E-state index is 0.173. The highest BCUT2D eigenvalue weighted by atomic mass is 16.7. The molecule has 0 bridgehead atoms. The quantitative estimate of drug-likeness (QED) is 0.826. The lowest BCUT2D eigenvalue weighted by molar-refractivity contribution is -0.0999. The smallest absolute Gasteiger partial charge is 0.345 e. The maximum absolute atomic E-state index is 11.9. The molecule has 98 valence electrons. The van der Waals surface area contributed by atoms with Crippen LogP contribution in [0.15, 0.2) is 6.07 Å². The van der Waals surface area contributed by atoms with Crippen LogP contribution < -0.4 is 4.74 Å². The molecule has 1 unspecified atom stereocenters. The molecule has 5 heteroatoms. The third-order valence-electron chi connectivity index (χ3n) is 2.94. The van der Waals surface area contributed by atoms with Crippen molar-refractivity contribution in [1.29, 1.82) is 0 Å². The van der Waals surface area contributed by atoms with E-state index >= 15 is 0 Å². The lowest BCUT2D eigenvalue weighted by Gasteiger charge is -2.15. The monoisotopic (exact) mass is 252 g/mol. The van der Waals surface area contributed by atoms with Crippen LogP contribution in [-0.4, -0.2) is 24.8 Å². The number of methoxy groups -OCH3 is 1. The number of benzene rings is 1. The maximum atomic E-state index is 11.9. The van der Waals surface area contributed by atoms with E-state index in [0.29, 0.717) is 29.0 Å². The number of hydrogen-bond donors (Lipinski definition) is 1. The van der Waals surface area contributed by atoms with Crippen LogP contribution in [0.5, 0.6) is 5.75 Å². The molecule has 0 amide bonds. The normalized spacial score (nSPS) is 17.6. The zero-order valence-corrected chi connectivity index (χ0v) is 10.6. The Morgan fingerprint density at radius 2 is 2.22 bits per heavy atom. The first-order valence-corrected chi connectivity index (χ1v) is 5.77. The van der Waals surface area contributed by atoms with E-state index in [-0.39, 0.29) is 6.61 Å². The third kappa shape index (κ3) is 1.85. The zero-order chi connectivity index (χ0) is 13.3. The predicted octanol–water partition coefficient (Wildman–Crippen LogP) is 1.70. The van der Waals surface area contributed by atoms with Crippen LogP contribution in [0.25, 0.3) is 0 Å².